The second-order valence-electron chi connectivity index (χ2n) is 4.07. The van der Waals surface area contributed by atoms with Crippen LogP contribution in [0.1, 0.15) is 12.5 Å². The number of nitro benzene ring substituents is 1. The zero-order chi connectivity index (χ0) is 15.4. The smallest absolute Gasteiger partial charge is 0.278 e. The third-order valence-electron chi connectivity index (χ3n) is 2.81. The van der Waals surface area contributed by atoms with E-state index in [0.29, 0.717) is 16.6 Å². The zero-order valence-electron chi connectivity index (χ0n) is 11.9. The van der Waals surface area contributed by atoms with Crippen LogP contribution >= 0.6 is 0 Å². The highest BCUT2D eigenvalue weighted by Crippen LogP contribution is 2.30. The van der Waals surface area contributed by atoms with Crippen LogP contribution in [0.5, 0.6) is 11.8 Å². The Labute approximate surface area is 120 Å². The summed E-state index contributed by atoms with van der Waals surface area (Å²) >= 11 is 0. The van der Waals surface area contributed by atoms with Crippen molar-refractivity contribution in [3.05, 3.63) is 27.8 Å². The molecule has 1 heterocycles. The third kappa shape index (κ3) is 2.88. The zero-order valence-corrected chi connectivity index (χ0v) is 11.9. The average molecular weight is 290 g/mol. The van der Waals surface area contributed by atoms with Crippen molar-refractivity contribution in [2.24, 2.45) is 4.99 Å². The number of non-ortho nitro benzene ring substituents is 1. The highest BCUT2D eigenvalue weighted by Gasteiger charge is 2.17. The standard InChI is InChI=1S/C13H14N4O4/c1-4-14-7-8-5-9(17(18)19)6-10-11(8)16-13(21-3)12(15-10)20-2/h4-6H,7H2,1-3H3. The van der Waals surface area contributed by atoms with Crippen molar-refractivity contribution in [3.63, 3.8) is 0 Å². The van der Waals surface area contributed by atoms with Crippen LogP contribution in [0, 0.1) is 10.1 Å². The van der Waals surface area contributed by atoms with Crippen LogP contribution in [0.2, 0.25) is 0 Å². The molecular weight excluding hydrogens is 276 g/mol. The first-order valence-electron chi connectivity index (χ1n) is 6.12. The van der Waals surface area contributed by atoms with Gasteiger partial charge in [0.15, 0.2) is 0 Å². The molecule has 0 amide bonds. The van der Waals surface area contributed by atoms with Crippen molar-refractivity contribution in [1.29, 1.82) is 0 Å². The van der Waals surface area contributed by atoms with Gasteiger partial charge in [0.05, 0.1) is 31.2 Å². The van der Waals surface area contributed by atoms with Gasteiger partial charge in [-0.15, -0.1) is 0 Å². The highest BCUT2D eigenvalue weighted by atomic mass is 16.6. The lowest BCUT2D eigenvalue weighted by Crippen LogP contribution is -2.00. The van der Waals surface area contributed by atoms with Crippen molar-refractivity contribution in [3.8, 4) is 11.8 Å². The molecule has 8 nitrogen and oxygen atoms in total. The van der Waals surface area contributed by atoms with E-state index >= 15 is 0 Å². The van der Waals surface area contributed by atoms with Crippen molar-refractivity contribution in [2.45, 2.75) is 13.5 Å². The van der Waals surface area contributed by atoms with Crippen LogP contribution in [0.3, 0.4) is 0 Å². The van der Waals surface area contributed by atoms with Crippen molar-refractivity contribution >= 4 is 22.9 Å². The monoisotopic (exact) mass is 290 g/mol. The molecule has 2 aromatic rings. The van der Waals surface area contributed by atoms with Crippen molar-refractivity contribution in [2.75, 3.05) is 14.2 Å². The van der Waals surface area contributed by atoms with Crippen molar-refractivity contribution < 1.29 is 14.4 Å². The van der Waals surface area contributed by atoms with Gasteiger partial charge in [0, 0.05) is 17.7 Å². The van der Waals surface area contributed by atoms with Crippen LogP contribution in [0.4, 0.5) is 5.69 Å². The lowest BCUT2D eigenvalue weighted by Gasteiger charge is -2.09. The summed E-state index contributed by atoms with van der Waals surface area (Å²) in [4.78, 5) is 23.2. The Kier molecular flexibility index (Phi) is 4.27. The second kappa shape index (κ2) is 6.12. The number of ether oxygens (including phenoxy) is 2. The molecule has 0 aliphatic heterocycles. The number of rotatable bonds is 5. The normalized spacial score (nSPS) is 11.0. The largest absolute Gasteiger partial charge is 0.477 e. The molecule has 0 atom stereocenters. The molecule has 0 radical (unpaired) electrons. The molecule has 0 spiro atoms. The lowest BCUT2D eigenvalue weighted by atomic mass is 10.1. The Morgan fingerprint density at radius 3 is 2.52 bits per heavy atom. The lowest BCUT2D eigenvalue weighted by molar-refractivity contribution is -0.384. The quantitative estimate of drug-likeness (QED) is 0.475. The fourth-order valence-electron chi connectivity index (χ4n) is 1.86. The Hall–Kier alpha value is -2.77. The van der Waals surface area contributed by atoms with Gasteiger partial charge in [0.1, 0.15) is 5.52 Å². The number of hydrogen-bond acceptors (Lipinski definition) is 7. The molecule has 0 aliphatic rings. The van der Waals surface area contributed by atoms with E-state index in [0.717, 1.165) is 0 Å². The summed E-state index contributed by atoms with van der Waals surface area (Å²) in [7, 11) is 2.88. The number of methoxy groups -OCH3 is 2. The summed E-state index contributed by atoms with van der Waals surface area (Å²) in [5, 5.41) is 11.0. The topological polar surface area (TPSA) is 99.7 Å². The van der Waals surface area contributed by atoms with Crippen LogP contribution < -0.4 is 9.47 Å². The van der Waals surface area contributed by atoms with E-state index in [2.05, 4.69) is 15.0 Å². The summed E-state index contributed by atoms with van der Waals surface area (Å²) < 4.78 is 10.2. The number of benzene rings is 1. The first-order valence-corrected chi connectivity index (χ1v) is 6.12. The molecule has 110 valence electrons. The van der Waals surface area contributed by atoms with Crippen molar-refractivity contribution in [1.82, 2.24) is 9.97 Å². The average Bonchev–Trinajstić information content (AvgIpc) is 2.50. The van der Waals surface area contributed by atoms with Gasteiger partial charge in [0.2, 0.25) is 0 Å². The fraction of sp³-hybridized carbons (Fsp3) is 0.308. The number of nitro groups is 1. The van der Waals surface area contributed by atoms with E-state index < -0.39 is 4.92 Å². The van der Waals surface area contributed by atoms with E-state index in [1.54, 1.807) is 13.1 Å². The van der Waals surface area contributed by atoms with Crippen LogP contribution in [-0.2, 0) is 6.54 Å². The Bertz CT molecular complexity index is 715. The number of aromatic nitrogens is 2. The minimum atomic E-state index is -0.475. The Morgan fingerprint density at radius 2 is 1.95 bits per heavy atom. The molecule has 0 saturated carbocycles. The fourth-order valence-corrected chi connectivity index (χ4v) is 1.86. The molecule has 21 heavy (non-hydrogen) atoms. The van der Waals surface area contributed by atoms with Crippen LogP contribution in [-0.4, -0.2) is 35.3 Å². The molecule has 8 heteroatoms. The summed E-state index contributed by atoms with van der Waals surface area (Å²) in [6.07, 6.45) is 1.62. The highest BCUT2D eigenvalue weighted by molar-refractivity contribution is 5.82. The number of hydrogen-bond donors (Lipinski definition) is 0. The molecule has 0 fully saturated rings. The van der Waals surface area contributed by atoms with Gasteiger partial charge in [0.25, 0.3) is 17.4 Å². The van der Waals surface area contributed by atoms with E-state index in [4.69, 9.17) is 9.47 Å². The minimum absolute atomic E-state index is 0.0645. The predicted molar refractivity (Wildman–Crippen MR) is 77.2 cm³/mol. The van der Waals surface area contributed by atoms with Gasteiger partial charge < -0.3 is 9.47 Å². The minimum Gasteiger partial charge on any atom is -0.477 e. The maximum absolute atomic E-state index is 11.0. The van der Waals surface area contributed by atoms with Crippen LogP contribution in [0.25, 0.3) is 11.0 Å². The van der Waals surface area contributed by atoms with Gasteiger partial charge in [-0.3, -0.25) is 15.1 Å². The molecule has 0 unspecified atom stereocenters. The maximum Gasteiger partial charge on any atom is 0.278 e. The molecule has 0 N–H and O–H groups in total. The van der Waals surface area contributed by atoms with E-state index in [-0.39, 0.29) is 24.0 Å². The van der Waals surface area contributed by atoms with E-state index in [1.807, 2.05) is 0 Å². The maximum atomic E-state index is 11.0. The van der Waals surface area contributed by atoms with Gasteiger partial charge in [-0.05, 0) is 13.1 Å². The van der Waals surface area contributed by atoms with Crippen LogP contribution in [0.15, 0.2) is 17.1 Å². The van der Waals surface area contributed by atoms with E-state index in [1.165, 1.54) is 26.4 Å². The molecule has 0 saturated heterocycles. The summed E-state index contributed by atoms with van der Waals surface area (Å²) in [5.41, 5.74) is 1.41. The van der Waals surface area contributed by atoms with Gasteiger partial charge >= 0.3 is 0 Å². The first-order chi connectivity index (χ1) is 10.1. The second-order valence-corrected chi connectivity index (χ2v) is 4.07. The predicted octanol–water partition coefficient (Wildman–Crippen LogP) is 2.15. The summed E-state index contributed by atoms with van der Waals surface area (Å²) in [6, 6.07) is 2.79. The molecule has 1 aromatic carbocycles. The van der Waals surface area contributed by atoms with E-state index in [9.17, 15) is 10.1 Å². The van der Waals surface area contributed by atoms with Gasteiger partial charge in [-0.25, -0.2) is 9.97 Å². The number of aliphatic imine (C=N–C) groups is 1. The molecule has 0 aliphatic carbocycles. The molecule has 0 bridgehead atoms. The third-order valence-corrected chi connectivity index (χ3v) is 2.81. The SMILES string of the molecule is CC=NCc1cc([N+](=O)[O-])cc2nc(OC)c(OC)nc12. The van der Waals surface area contributed by atoms with Gasteiger partial charge in [-0.1, -0.05) is 0 Å². The molecule has 1 aromatic heterocycles. The summed E-state index contributed by atoms with van der Waals surface area (Å²) in [5.74, 6) is 0.399. The molecule has 2 rings (SSSR count). The Morgan fingerprint density at radius 1 is 1.29 bits per heavy atom. The molecular formula is C13H14N4O4. The number of nitrogens with zero attached hydrogens (tertiary/aromatic N) is 4. The number of fused-ring (bicyclic) bond motifs is 1. The van der Waals surface area contributed by atoms with Gasteiger partial charge in [-0.2, -0.15) is 0 Å². The first kappa shape index (κ1) is 14.6. The summed E-state index contributed by atoms with van der Waals surface area (Å²) in [6.45, 7) is 2.05. The Balaban J connectivity index is 2.74.